The molecule has 17 heavy (non-hydrogen) atoms. The predicted molar refractivity (Wildman–Crippen MR) is 70.9 cm³/mol. The van der Waals surface area contributed by atoms with Crippen LogP contribution in [0.2, 0.25) is 0 Å². The number of morpholine rings is 1. The number of amides is 1. The van der Waals surface area contributed by atoms with Crippen LogP contribution in [0.4, 0.5) is 0 Å². The van der Waals surface area contributed by atoms with Gasteiger partial charge in [-0.05, 0) is 20.9 Å². The molecule has 1 rings (SSSR count). The molecule has 0 bridgehead atoms. The van der Waals surface area contributed by atoms with Crippen LogP contribution in [0.25, 0.3) is 0 Å². The van der Waals surface area contributed by atoms with Crippen molar-refractivity contribution in [1.82, 2.24) is 9.80 Å². The van der Waals surface area contributed by atoms with Crippen molar-refractivity contribution < 1.29 is 9.53 Å². The lowest BCUT2D eigenvalue weighted by Gasteiger charge is -2.34. The van der Waals surface area contributed by atoms with Crippen LogP contribution in [0.3, 0.4) is 0 Å². The van der Waals surface area contributed by atoms with Crippen molar-refractivity contribution in [3.05, 3.63) is 0 Å². The van der Waals surface area contributed by atoms with Gasteiger partial charge in [0.05, 0.1) is 30.3 Å². The van der Waals surface area contributed by atoms with E-state index in [1.54, 1.807) is 0 Å². The van der Waals surface area contributed by atoms with Gasteiger partial charge < -0.3 is 15.4 Å². The molecule has 5 nitrogen and oxygen atoms in total. The largest absolute Gasteiger partial charge is 0.392 e. The van der Waals surface area contributed by atoms with Crippen molar-refractivity contribution in [1.29, 1.82) is 0 Å². The van der Waals surface area contributed by atoms with Crippen LogP contribution in [0.1, 0.15) is 13.8 Å². The summed E-state index contributed by atoms with van der Waals surface area (Å²) in [7, 11) is 1.87. The molecule has 2 atom stereocenters. The van der Waals surface area contributed by atoms with E-state index in [1.165, 1.54) is 0 Å². The number of hydrogen-bond acceptors (Lipinski definition) is 4. The maximum absolute atomic E-state index is 12.2. The number of likely N-dealkylation sites (N-methyl/N-ethyl adjacent to an activating group) is 1. The molecule has 98 valence electrons. The van der Waals surface area contributed by atoms with Gasteiger partial charge in [-0.2, -0.15) is 0 Å². The fourth-order valence-electron chi connectivity index (χ4n) is 1.76. The second kappa shape index (κ2) is 6.28. The Balaban J connectivity index is 2.58. The third kappa shape index (κ3) is 3.62. The number of ether oxygens (including phenoxy) is 1. The molecule has 0 spiro atoms. The van der Waals surface area contributed by atoms with E-state index in [1.807, 2.05) is 30.7 Å². The Morgan fingerprint density at radius 3 is 2.35 bits per heavy atom. The van der Waals surface area contributed by atoms with Crippen molar-refractivity contribution in [2.24, 2.45) is 5.73 Å². The van der Waals surface area contributed by atoms with Gasteiger partial charge in [0.15, 0.2) is 0 Å². The number of rotatable bonds is 4. The smallest absolute Gasteiger partial charge is 0.239 e. The summed E-state index contributed by atoms with van der Waals surface area (Å²) in [6.45, 7) is 6.36. The topological polar surface area (TPSA) is 58.8 Å². The van der Waals surface area contributed by atoms with Gasteiger partial charge in [0.1, 0.15) is 0 Å². The molecule has 0 saturated carbocycles. The molecule has 1 heterocycles. The maximum Gasteiger partial charge on any atom is 0.239 e. The fraction of sp³-hybridized carbons (Fsp3) is 0.818. The Kier molecular flexibility index (Phi) is 5.30. The maximum atomic E-state index is 12.2. The normalized spacial score (nSPS) is 20.1. The summed E-state index contributed by atoms with van der Waals surface area (Å²) in [6, 6.07) is -0.297. The van der Waals surface area contributed by atoms with E-state index in [-0.39, 0.29) is 18.0 Å². The summed E-state index contributed by atoms with van der Waals surface area (Å²) in [5.74, 6) is 0.110. The van der Waals surface area contributed by atoms with Crippen LogP contribution in [-0.4, -0.2) is 66.1 Å². The number of nitrogens with zero attached hydrogens (tertiary/aromatic N) is 2. The number of hydrogen-bond donors (Lipinski definition) is 1. The van der Waals surface area contributed by atoms with Crippen molar-refractivity contribution in [3.63, 3.8) is 0 Å². The standard InChI is InChI=1S/C11H21N3O2S/c1-8(10(12)17)13(3)9(2)11(15)14-4-6-16-7-5-14/h8-9H,4-7H2,1-3H3,(H2,12,17). The molecule has 2 unspecified atom stereocenters. The highest BCUT2D eigenvalue weighted by molar-refractivity contribution is 7.80. The number of carbonyl (C=O) groups excluding carboxylic acids is 1. The SMILES string of the molecule is CC(C(=O)N1CCOCC1)N(C)C(C)C(N)=S. The van der Waals surface area contributed by atoms with Crippen molar-refractivity contribution in [2.75, 3.05) is 33.4 Å². The first-order chi connectivity index (χ1) is 7.95. The van der Waals surface area contributed by atoms with Crippen LogP contribution in [-0.2, 0) is 9.53 Å². The molecule has 0 aromatic heterocycles. The molecule has 0 aliphatic carbocycles. The highest BCUT2D eigenvalue weighted by Crippen LogP contribution is 2.08. The van der Waals surface area contributed by atoms with E-state index in [9.17, 15) is 4.79 Å². The molecule has 0 aromatic rings. The number of thiocarbonyl (C=S) groups is 1. The van der Waals surface area contributed by atoms with E-state index < -0.39 is 0 Å². The lowest BCUT2D eigenvalue weighted by Crippen LogP contribution is -2.53. The van der Waals surface area contributed by atoms with Crippen LogP contribution >= 0.6 is 12.2 Å². The molecule has 1 aliphatic heterocycles. The van der Waals surface area contributed by atoms with Gasteiger partial charge in [-0.3, -0.25) is 9.69 Å². The number of nitrogens with two attached hydrogens (primary N) is 1. The average molecular weight is 259 g/mol. The summed E-state index contributed by atoms with van der Waals surface area (Å²) in [5, 5.41) is 0. The minimum atomic E-state index is -0.218. The zero-order chi connectivity index (χ0) is 13.0. The minimum absolute atomic E-state index is 0.0787. The van der Waals surface area contributed by atoms with E-state index >= 15 is 0 Å². The van der Waals surface area contributed by atoms with Gasteiger partial charge in [-0.15, -0.1) is 0 Å². The first-order valence-electron chi connectivity index (χ1n) is 5.83. The summed E-state index contributed by atoms with van der Waals surface area (Å²) < 4.78 is 5.23. The Bertz CT molecular complexity index is 292. The van der Waals surface area contributed by atoms with E-state index in [0.717, 1.165) is 0 Å². The molecule has 6 heteroatoms. The van der Waals surface area contributed by atoms with Crippen LogP contribution in [0.5, 0.6) is 0 Å². The van der Waals surface area contributed by atoms with Gasteiger partial charge >= 0.3 is 0 Å². The van der Waals surface area contributed by atoms with Crippen molar-refractivity contribution >= 4 is 23.1 Å². The van der Waals surface area contributed by atoms with E-state index in [0.29, 0.717) is 31.3 Å². The summed E-state index contributed by atoms with van der Waals surface area (Å²) in [4.78, 5) is 16.4. The second-order valence-corrected chi connectivity index (χ2v) is 4.83. The first-order valence-corrected chi connectivity index (χ1v) is 6.23. The Labute approximate surface area is 108 Å². The van der Waals surface area contributed by atoms with E-state index in [2.05, 4.69) is 0 Å². The summed E-state index contributed by atoms with van der Waals surface area (Å²) in [6.07, 6.45) is 0. The molecule has 1 saturated heterocycles. The number of carbonyl (C=O) groups is 1. The van der Waals surface area contributed by atoms with Crippen LogP contribution < -0.4 is 5.73 Å². The average Bonchev–Trinajstić information content (AvgIpc) is 2.36. The highest BCUT2D eigenvalue weighted by Gasteiger charge is 2.28. The van der Waals surface area contributed by atoms with Gasteiger partial charge in [-0.25, -0.2) is 0 Å². The van der Waals surface area contributed by atoms with Gasteiger partial charge in [0.25, 0.3) is 0 Å². The molecule has 1 amide bonds. The summed E-state index contributed by atoms with van der Waals surface area (Å²) >= 11 is 4.95. The Hall–Kier alpha value is -0.720. The molecule has 1 aliphatic rings. The molecule has 1 fully saturated rings. The van der Waals surface area contributed by atoms with Gasteiger partial charge in [0, 0.05) is 13.1 Å². The molecule has 2 N–H and O–H groups in total. The Morgan fingerprint density at radius 2 is 1.88 bits per heavy atom. The monoisotopic (exact) mass is 259 g/mol. The Morgan fingerprint density at radius 1 is 1.35 bits per heavy atom. The lowest BCUT2D eigenvalue weighted by atomic mass is 10.2. The second-order valence-electron chi connectivity index (χ2n) is 4.36. The summed E-state index contributed by atoms with van der Waals surface area (Å²) in [5.41, 5.74) is 5.60. The van der Waals surface area contributed by atoms with Crippen molar-refractivity contribution in [2.45, 2.75) is 25.9 Å². The van der Waals surface area contributed by atoms with Crippen molar-refractivity contribution in [3.8, 4) is 0 Å². The zero-order valence-corrected chi connectivity index (χ0v) is 11.5. The van der Waals surface area contributed by atoms with Crippen LogP contribution in [0, 0.1) is 0 Å². The quantitative estimate of drug-likeness (QED) is 0.711. The van der Waals surface area contributed by atoms with E-state index in [4.69, 9.17) is 22.7 Å². The molecule has 0 aromatic carbocycles. The van der Waals surface area contributed by atoms with Gasteiger partial charge in [0.2, 0.25) is 5.91 Å². The fourth-order valence-corrected chi connectivity index (χ4v) is 1.92. The van der Waals surface area contributed by atoms with Gasteiger partial charge in [-0.1, -0.05) is 12.2 Å². The third-order valence-corrected chi connectivity index (χ3v) is 3.65. The minimum Gasteiger partial charge on any atom is -0.392 e. The highest BCUT2D eigenvalue weighted by atomic mass is 32.1. The molecular formula is C11H21N3O2S. The van der Waals surface area contributed by atoms with Crippen LogP contribution in [0.15, 0.2) is 0 Å². The molecular weight excluding hydrogens is 238 g/mol. The predicted octanol–water partition coefficient (Wildman–Crippen LogP) is -0.160. The first kappa shape index (κ1) is 14.3. The molecule has 0 radical (unpaired) electrons. The lowest BCUT2D eigenvalue weighted by molar-refractivity contribution is -0.140. The third-order valence-electron chi connectivity index (χ3n) is 3.31. The zero-order valence-electron chi connectivity index (χ0n) is 10.7.